The molecule has 12 aromatic rings. The van der Waals surface area contributed by atoms with E-state index in [1.165, 1.54) is 32.3 Å². The van der Waals surface area contributed by atoms with Crippen LogP contribution in [0, 0.1) is 0 Å². The maximum Gasteiger partial charge on any atom is 0.164 e. The first-order valence-corrected chi connectivity index (χ1v) is 18.8. The van der Waals surface area contributed by atoms with Crippen LogP contribution in [0.15, 0.2) is 185 Å². The summed E-state index contributed by atoms with van der Waals surface area (Å²) in [6.45, 7) is 0. The highest BCUT2D eigenvalue weighted by Gasteiger charge is 2.21. The molecule has 260 valence electrons. The van der Waals surface area contributed by atoms with E-state index in [9.17, 15) is 0 Å². The van der Waals surface area contributed by atoms with Crippen LogP contribution in [0.5, 0.6) is 0 Å². The van der Waals surface area contributed by atoms with E-state index in [1.807, 2.05) is 66.7 Å². The molecule has 0 aliphatic carbocycles. The Balaban J connectivity index is 1.06. The minimum atomic E-state index is 0.567. The third kappa shape index (κ3) is 4.64. The molecule has 0 spiro atoms. The van der Waals surface area contributed by atoms with E-state index in [1.54, 1.807) is 0 Å². The summed E-state index contributed by atoms with van der Waals surface area (Å²) in [5.41, 5.74) is 8.00. The van der Waals surface area contributed by atoms with Gasteiger partial charge in [-0.2, -0.15) is 0 Å². The van der Waals surface area contributed by atoms with Gasteiger partial charge in [0, 0.05) is 43.8 Å². The molecule has 0 aliphatic heterocycles. The number of benzene rings is 9. The molecule has 0 aliphatic rings. The van der Waals surface area contributed by atoms with E-state index >= 15 is 0 Å². The molecule has 3 aromatic heterocycles. The van der Waals surface area contributed by atoms with Crippen LogP contribution in [0.2, 0.25) is 0 Å². The molecular weight excluding hydrogens is 687 g/mol. The van der Waals surface area contributed by atoms with Crippen molar-refractivity contribution in [3.8, 4) is 45.3 Å². The molecular formula is C51H29N3O2. The fraction of sp³-hybridized carbons (Fsp3) is 0. The molecule has 0 fully saturated rings. The molecule has 0 atom stereocenters. The highest BCUT2D eigenvalue weighted by molar-refractivity contribution is 6.26. The van der Waals surface area contributed by atoms with Crippen molar-refractivity contribution in [3.63, 3.8) is 0 Å². The van der Waals surface area contributed by atoms with E-state index in [2.05, 4.69) is 109 Å². The van der Waals surface area contributed by atoms with Gasteiger partial charge in [0.1, 0.15) is 22.3 Å². The fourth-order valence-corrected chi connectivity index (χ4v) is 8.54. The summed E-state index contributed by atoms with van der Waals surface area (Å²) < 4.78 is 13.1. The zero-order chi connectivity index (χ0) is 36.7. The molecule has 3 heterocycles. The van der Waals surface area contributed by atoms with E-state index in [4.69, 9.17) is 23.8 Å². The van der Waals surface area contributed by atoms with Crippen molar-refractivity contribution in [2.45, 2.75) is 0 Å². The fourth-order valence-electron chi connectivity index (χ4n) is 8.54. The number of fused-ring (bicyclic) bond motifs is 12. The minimum absolute atomic E-state index is 0.567. The summed E-state index contributed by atoms with van der Waals surface area (Å²) in [5.74, 6) is 1.73. The lowest BCUT2D eigenvalue weighted by atomic mass is 9.91. The Morgan fingerprint density at radius 1 is 0.286 bits per heavy atom. The van der Waals surface area contributed by atoms with Gasteiger partial charge in [-0.15, -0.1) is 0 Å². The first-order chi connectivity index (χ1) is 27.7. The zero-order valence-corrected chi connectivity index (χ0v) is 29.9. The van der Waals surface area contributed by atoms with Gasteiger partial charge in [0.05, 0.1) is 0 Å². The summed E-state index contributed by atoms with van der Waals surface area (Å²) in [5, 5.41) is 11.6. The third-order valence-corrected chi connectivity index (χ3v) is 11.1. The van der Waals surface area contributed by atoms with Crippen molar-refractivity contribution in [2.75, 3.05) is 0 Å². The van der Waals surface area contributed by atoms with Crippen molar-refractivity contribution < 1.29 is 8.83 Å². The smallest absolute Gasteiger partial charge is 0.164 e. The van der Waals surface area contributed by atoms with Crippen molar-refractivity contribution >= 4 is 76.2 Å². The average Bonchev–Trinajstić information content (AvgIpc) is 3.85. The summed E-state index contributed by atoms with van der Waals surface area (Å²) >= 11 is 0. The summed E-state index contributed by atoms with van der Waals surface area (Å²) in [4.78, 5) is 15.3. The highest BCUT2D eigenvalue weighted by Crippen LogP contribution is 2.43. The Kier molecular flexibility index (Phi) is 6.56. The largest absolute Gasteiger partial charge is 0.456 e. The molecule has 5 nitrogen and oxygen atoms in total. The van der Waals surface area contributed by atoms with Gasteiger partial charge in [-0.3, -0.25) is 0 Å². The first-order valence-electron chi connectivity index (χ1n) is 18.8. The Morgan fingerprint density at radius 2 is 0.821 bits per heavy atom. The van der Waals surface area contributed by atoms with Gasteiger partial charge >= 0.3 is 0 Å². The van der Waals surface area contributed by atoms with Gasteiger partial charge in [-0.1, -0.05) is 146 Å². The Labute approximate surface area is 320 Å². The lowest BCUT2D eigenvalue weighted by Gasteiger charge is -2.12. The highest BCUT2D eigenvalue weighted by atomic mass is 16.3. The number of furan rings is 2. The molecule has 12 rings (SSSR count). The molecule has 0 saturated carbocycles. The van der Waals surface area contributed by atoms with Gasteiger partial charge < -0.3 is 8.83 Å². The predicted octanol–water partition coefficient (Wildman–Crippen LogP) is 13.8. The summed E-state index contributed by atoms with van der Waals surface area (Å²) in [6.07, 6.45) is 0. The normalized spacial score (nSPS) is 11.9. The average molecular weight is 716 g/mol. The number of hydrogen-bond donors (Lipinski definition) is 0. The molecule has 0 bridgehead atoms. The van der Waals surface area contributed by atoms with E-state index < -0.39 is 0 Å². The summed E-state index contributed by atoms with van der Waals surface area (Å²) in [7, 11) is 0. The van der Waals surface area contributed by atoms with E-state index in [0.717, 1.165) is 71.7 Å². The lowest BCUT2D eigenvalue weighted by Crippen LogP contribution is -2.00. The second kappa shape index (κ2) is 11.9. The molecule has 9 aromatic carbocycles. The Morgan fingerprint density at radius 3 is 1.61 bits per heavy atom. The minimum Gasteiger partial charge on any atom is -0.456 e. The molecule has 0 radical (unpaired) electrons. The number of hydrogen-bond acceptors (Lipinski definition) is 5. The monoisotopic (exact) mass is 715 g/mol. The molecule has 0 N–H and O–H groups in total. The van der Waals surface area contributed by atoms with E-state index in [-0.39, 0.29) is 0 Å². The van der Waals surface area contributed by atoms with Crippen LogP contribution >= 0.6 is 0 Å². The maximum atomic E-state index is 6.79. The van der Waals surface area contributed by atoms with Crippen molar-refractivity contribution in [1.29, 1.82) is 0 Å². The van der Waals surface area contributed by atoms with Crippen molar-refractivity contribution in [3.05, 3.63) is 176 Å². The second-order valence-electron chi connectivity index (χ2n) is 14.3. The van der Waals surface area contributed by atoms with Gasteiger partial charge in [-0.25, -0.2) is 15.0 Å². The first kappa shape index (κ1) is 30.8. The van der Waals surface area contributed by atoms with Crippen LogP contribution in [-0.4, -0.2) is 15.0 Å². The molecule has 56 heavy (non-hydrogen) atoms. The predicted molar refractivity (Wildman–Crippen MR) is 229 cm³/mol. The van der Waals surface area contributed by atoms with Crippen molar-refractivity contribution in [1.82, 2.24) is 15.0 Å². The molecule has 0 unspecified atom stereocenters. The standard InChI is InChI=1S/C51H29N3O2/c1-2-12-30(13-3-1)49-52-50(32-25-27-40-39-18-8-9-22-44(39)55-46(40)29-32)54-51(53-49)42-21-11-23-45-47(42)41-20-10-19-33(48(41)56-45)31-24-26-38-36-16-5-4-14-34(36)35-15-6-7-17-37(35)43(38)28-31/h1-29H. The van der Waals surface area contributed by atoms with Crippen LogP contribution in [0.1, 0.15) is 0 Å². The van der Waals surface area contributed by atoms with Crippen LogP contribution < -0.4 is 0 Å². The Bertz CT molecular complexity index is 3510. The third-order valence-electron chi connectivity index (χ3n) is 11.1. The SMILES string of the molecule is c1ccc(-c2nc(-c3ccc4c(c3)oc3ccccc34)nc(-c3cccc4oc5c(-c6ccc7c8ccccc8c8ccccc8c7c6)cccc5c34)n2)cc1. The molecule has 0 saturated heterocycles. The van der Waals surface area contributed by atoms with E-state index in [0.29, 0.717) is 17.5 Å². The number of para-hydroxylation sites is 2. The topological polar surface area (TPSA) is 65.0 Å². The van der Waals surface area contributed by atoms with Gasteiger partial charge in [0.15, 0.2) is 17.5 Å². The van der Waals surface area contributed by atoms with Crippen LogP contribution in [0.4, 0.5) is 0 Å². The Hall–Kier alpha value is -7.63. The van der Waals surface area contributed by atoms with Gasteiger partial charge in [-0.05, 0) is 68.2 Å². The van der Waals surface area contributed by atoms with Crippen molar-refractivity contribution in [2.24, 2.45) is 0 Å². The second-order valence-corrected chi connectivity index (χ2v) is 14.3. The number of nitrogens with zero attached hydrogens (tertiary/aromatic N) is 3. The quantitative estimate of drug-likeness (QED) is 0.170. The molecule has 5 heteroatoms. The summed E-state index contributed by atoms with van der Waals surface area (Å²) in [6, 6.07) is 61.0. The van der Waals surface area contributed by atoms with Gasteiger partial charge in [0.25, 0.3) is 0 Å². The van der Waals surface area contributed by atoms with Crippen LogP contribution in [0.25, 0.3) is 121 Å². The van der Waals surface area contributed by atoms with Gasteiger partial charge in [0.2, 0.25) is 0 Å². The van der Waals surface area contributed by atoms with Crippen LogP contribution in [0.3, 0.4) is 0 Å². The molecule has 0 amide bonds. The number of aromatic nitrogens is 3. The maximum absolute atomic E-state index is 6.79. The van der Waals surface area contributed by atoms with Crippen LogP contribution in [-0.2, 0) is 0 Å². The zero-order valence-electron chi connectivity index (χ0n) is 29.9. The lowest BCUT2D eigenvalue weighted by molar-refractivity contribution is 0.669. The number of rotatable bonds is 4.